The molecule has 0 bridgehead atoms. The van der Waals surface area contributed by atoms with Crippen molar-refractivity contribution in [3.8, 4) is 0 Å². The third-order valence-electron chi connectivity index (χ3n) is 4.44. The Labute approximate surface area is 135 Å². The summed E-state index contributed by atoms with van der Waals surface area (Å²) in [5.41, 5.74) is -0.720. The Hall–Kier alpha value is -1.92. The zero-order valence-corrected chi connectivity index (χ0v) is 14.0. The van der Waals surface area contributed by atoms with E-state index in [1.165, 1.54) is 0 Å². The summed E-state index contributed by atoms with van der Waals surface area (Å²) >= 11 is 0. The molecule has 0 spiro atoms. The fourth-order valence-corrected chi connectivity index (χ4v) is 2.94. The monoisotopic (exact) mass is 320 g/mol. The molecule has 23 heavy (non-hydrogen) atoms. The Morgan fingerprint density at radius 1 is 1.43 bits per heavy atom. The number of rotatable bonds is 6. The topological polar surface area (TPSA) is 88.3 Å². The van der Waals surface area contributed by atoms with Crippen molar-refractivity contribution in [2.75, 3.05) is 6.54 Å². The van der Waals surface area contributed by atoms with E-state index >= 15 is 0 Å². The molecule has 7 nitrogen and oxygen atoms in total. The van der Waals surface area contributed by atoms with Gasteiger partial charge in [0.25, 0.3) is 0 Å². The van der Waals surface area contributed by atoms with Gasteiger partial charge in [0.05, 0.1) is 11.5 Å². The smallest absolute Gasteiger partial charge is 0.226 e. The van der Waals surface area contributed by atoms with Crippen molar-refractivity contribution in [1.29, 1.82) is 0 Å². The summed E-state index contributed by atoms with van der Waals surface area (Å²) in [4.78, 5) is 30.7. The minimum atomic E-state index is -0.720. The lowest BCUT2D eigenvalue weighted by molar-refractivity contribution is -0.129. The van der Waals surface area contributed by atoms with E-state index < -0.39 is 5.54 Å². The van der Waals surface area contributed by atoms with E-state index in [9.17, 15) is 9.59 Å². The molecule has 7 heteroatoms. The molecule has 1 aliphatic heterocycles. The lowest BCUT2D eigenvalue weighted by Gasteiger charge is -2.24. The fourth-order valence-electron chi connectivity index (χ4n) is 2.94. The van der Waals surface area contributed by atoms with Crippen LogP contribution in [0, 0.1) is 5.92 Å². The highest BCUT2D eigenvalue weighted by molar-refractivity contribution is 5.89. The molecule has 2 fully saturated rings. The molecule has 1 aliphatic carbocycles. The van der Waals surface area contributed by atoms with Crippen LogP contribution in [0.1, 0.15) is 58.2 Å². The normalized spacial score (nSPS) is 21.8. The molecule has 1 aromatic heterocycles. The Morgan fingerprint density at radius 3 is 2.83 bits per heavy atom. The van der Waals surface area contributed by atoms with Gasteiger partial charge in [-0.1, -0.05) is 12.1 Å². The van der Waals surface area contributed by atoms with Crippen molar-refractivity contribution in [2.24, 2.45) is 5.92 Å². The van der Waals surface area contributed by atoms with Crippen LogP contribution in [0.2, 0.25) is 0 Å². The van der Waals surface area contributed by atoms with Crippen LogP contribution >= 0.6 is 0 Å². The molecule has 1 aromatic rings. The average molecular weight is 320 g/mol. The van der Waals surface area contributed by atoms with Crippen LogP contribution in [0.25, 0.3) is 0 Å². The van der Waals surface area contributed by atoms with E-state index in [-0.39, 0.29) is 17.7 Å². The first kappa shape index (κ1) is 16.0. The van der Waals surface area contributed by atoms with Crippen LogP contribution in [0.3, 0.4) is 0 Å². The quantitative estimate of drug-likeness (QED) is 0.855. The molecular formula is C16H24N4O3. The van der Waals surface area contributed by atoms with Crippen molar-refractivity contribution in [1.82, 2.24) is 20.4 Å². The lowest BCUT2D eigenvalue weighted by atomic mass is 10.0. The van der Waals surface area contributed by atoms with Gasteiger partial charge in [0.1, 0.15) is 0 Å². The molecule has 1 saturated carbocycles. The molecule has 0 unspecified atom stereocenters. The Bertz CT molecular complexity index is 606. The number of nitrogens with zero attached hydrogens (tertiary/aromatic N) is 3. The van der Waals surface area contributed by atoms with Crippen LogP contribution < -0.4 is 5.32 Å². The maximum absolute atomic E-state index is 12.5. The molecular weight excluding hydrogens is 296 g/mol. The second kappa shape index (κ2) is 5.94. The Balaban J connectivity index is 1.62. The molecule has 1 N–H and O–H groups in total. The number of aryl methyl sites for hydroxylation is 1. The minimum absolute atomic E-state index is 0.0928. The van der Waals surface area contributed by atoms with Gasteiger partial charge >= 0.3 is 0 Å². The fraction of sp³-hybridized carbons (Fsp3) is 0.750. The maximum Gasteiger partial charge on any atom is 0.226 e. The second-order valence-corrected chi connectivity index (χ2v) is 7.05. The third-order valence-corrected chi connectivity index (χ3v) is 4.44. The van der Waals surface area contributed by atoms with Gasteiger partial charge in [0.15, 0.2) is 5.82 Å². The first-order chi connectivity index (χ1) is 10.9. The molecule has 2 heterocycles. The molecule has 1 saturated heterocycles. The highest BCUT2D eigenvalue weighted by Crippen LogP contribution is 2.33. The first-order valence-electron chi connectivity index (χ1n) is 8.35. The van der Waals surface area contributed by atoms with Gasteiger partial charge in [0.2, 0.25) is 17.7 Å². The van der Waals surface area contributed by atoms with Gasteiger partial charge in [-0.15, -0.1) is 0 Å². The van der Waals surface area contributed by atoms with Gasteiger partial charge in [-0.3, -0.25) is 9.59 Å². The van der Waals surface area contributed by atoms with Gasteiger partial charge in [0, 0.05) is 25.4 Å². The average Bonchev–Trinajstić information content (AvgIpc) is 3.07. The number of nitrogens with one attached hydrogen (secondary N) is 1. The SMILES string of the molecule is CCCc1nc(C(C)(C)NC(=O)[C@H]2CC(=O)N(C3CC3)C2)no1. The summed E-state index contributed by atoms with van der Waals surface area (Å²) in [6.45, 7) is 6.26. The first-order valence-corrected chi connectivity index (χ1v) is 8.35. The highest BCUT2D eigenvalue weighted by atomic mass is 16.5. The highest BCUT2D eigenvalue weighted by Gasteiger charge is 2.43. The predicted molar refractivity (Wildman–Crippen MR) is 82.3 cm³/mol. The number of amides is 2. The third kappa shape index (κ3) is 3.38. The van der Waals surface area contributed by atoms with Crippen molar-refractivity contribution in [3.63, 3.8) is 0 Å². The van der Waals surface area contributed by atoms with E-state index in [4.69, 9.17) is 4.52 Å². The number of hydrogen-bond acceptors (Lipinski definition) is 5. The number of carbonyl (C=O) groups is 2. The van der Waals surface area contributed by atoms with Gasteiger partial charge in [-0.25, -0.2) is 0 Å². The van der Waals surface area contributed by atoms with Crippen LogP contribution in [0.4, 0.5) is 0 Å². The Kier molecular flexibility index (Phi) is 4.12. The molecule has 1 atom stereocenters. The van der Waals surface area contributed by atoms with Crippen LogP contribution in [0.15, 0.2) is 4.52 Å². The van der Waals surface area contributed by atoms with Gasteiger partial charge in [-0.2, -0.15) is 4.98 Å². The van der Waals surface area contributed by atoms with E-state index in [1.54, 1.807) is 0 Å². The van der Waals surface area contributed by atoms with E-state index in [0.29, 0.717) is 30.7 Å². The van der Waals surface area contributed by atoms with E-state index in [0.717, 1.165) is 25.7 Å². The largest absolute Gasteiger partial charge is 0.343 e. The number of carbonyl (C=O) groups excluding carboxylic acids is 2. The summed E-state index contributed by atoms with van der Waals surface area (Å²) in [7, 11) is 0. The zero-order chi connectivity index (χ0) is 16.6. The summed E-state index contributed by atoms with van der Waals surface area (Å²) in [6, 6.07) is 0.363. The number of aromatic nitrogens is 2. The standard InChI is InChI=1S/C16H24N4O3/c1-4-5-12-17-15(19-23-12)16(2,3)18-14(22)10-8-13(21)20(9-10)11-6-7-11/h10-11H,4-9H2,1-3H3,(H,18,22)/t10-/m0/s1. The molecule has 0 radical (unpaired) electrons. The summed E-state index contributed by atoms with van der Waals surface area (Å²) < 4.78 is 5.20. The van der Waals surface area contributed by atoms with Gasteiger partial charge < -0.3 is 14.7 Å². The molecule has 2 amide bonds. The molecule has 3 rings (SSSR count). The van der Waals surface area contributed by atoms with Crippen molar-refractivity contribution >= 4 is 11.8 Å². The Morgan fingerprint density at radius 2 is 2.17 bits per heavy atom. The van der Waals surface area contributed by atoms with E-state index in [1.807, 2.05) is 25.7 Å². The lowest BCUT2D eigenvalue weighted by Crippen LogP contribution is -2.45. The summed E-state index contributed by atoms with van der Waals surface area (Å²) in [5.74, 6) is 0.742. The van der Waals surface area contributed by atoms with Crippen molar-refractivity contribution in [3.05, 3.63) is 11.7 Å². The minimum Gasteiger partial charge on any atom is -0.343 e. The van der Waals surface area contributed by atoms with Crippen LogP contribution in [-0.2, 0) is 21.5 Å². The number of hydrogen-bond donors (Lipinski definition) is 1. The molecule has 2 aliphatic rings. The number of likely N-dealkylation sites (tertiary alicyclic amines) is 1. The predicted octanol–water partition coefficient (Wildman–Crippen LogP) is 1.38. The van der Waals surface area contributed by atoms with E-state index in [2.05, 4.69) is 15.5 Å². The van der Waals surface area contributed by atoms with Crippen molar-refractivity contribution in [2.45, 2.75) is 64.5 Å². The van der Waals surface area contributed by atoms with Crippen LogP contribution in [-0.4, -0.2) is 39.4 Å². The summed E-state index contributed by atoms with van der Waals surface area (Å²) in [5, 5.41) is 6.94. The van der Waals surface area contributed by atoms with Gasteiger partial charge in [-0.05, 0) is 33.1 Å². The molecule has 126 valence electrons. The summed E-state index contributed by atoms with van der Waals surface area (Å²) in [6.07, 6.45) is 4.08. The second-order valence-electron chi connectivity index (χ2n) is 7.05. The van der Waals surface area contributed by atoms with Crippen molar-refractivity contribution < 1.29 is 14.1 Å². The van der Waals surface area contributed by atoms with Crippen LogP contribution in [0.5, 0.6) is 0 Å². The maximum atomic E-state index is 12.5. The zero-order valence-electron chi connectivity index (χ0n) is 14.0. The molecule has 0 aromatic carbocycles.